The van der Waals surface area contributed by atoms with Crippen molar-refractivity contribution in [2.75, 3.05) is 5.32 Å². The van der Waals surface area contributed by atoms with Gasteiger partial charge in [0.2, 0.25) is 0 Å². The highest BCUT2D eigenvalue weighted by molar-refractivity contribution is 7.13. The van der Waals surface area contributed by atoms with Crippen molar-refractivity contribution < 1.29 is 9.53 Å². The van der Waals surface area contributed by atoms with Gasteiger partial charge in [-0.25, -0.2) is 4.98 Å². The summed E-state index contributed by atoms with van der Waals surface area (Å²) >= 11 is 1.58. The number of nitrogens with one attached hydrogen (secondary N) is 1. The van der Waals surface area contributed by atoms with Crippen molar-refractivity contribution in [3.63, 3.8) is 0 Å². The van der Waals surface area contributed by atoms with Crippen molar-refractivity contribution in [3.8, 4) is 16.3 Å². The normalized spacial score (nSPS) is 10.4. The second-order valence-corrected chi connectivity index (χ2v) is 6.97. The molecule has 1 N–H and O–H groups in total. The van der Waals surface area contributed by atoms with Crippen LogP contribution in [0, 0.1) is 0 Å². The van der Waals surface area contributed by atoms with E-state index in [-0.39, 0.29) is 5.91 Å². The molecule has 3 aromatic carbocycles. The van der Waals surface area contributed by atoms with E-state index in [0.717, 1.165) is 22.0 Å². The monoisotopic (exact) mass is 386 g/mol. The van der Waals surface area contributed by atoms with Gasteiger partial charge in [0.25, 0.3) is 5.91 Å². The fraction of sp³-hybridized carbons (Fsp3) is 0.0435. The molecule has 0 bridgehead atoms. The Balaban J connectivity index is 1.46. The second-order valence-electron chi connectivity index (χ2n) is 6.12. The van der Waals surface area contributed by atoms with Crippen LogP contribution in [0.25, 0.3) is 10.6 Å². The average Bonchev–Trinajstić information content (AvgIpc) is 3.23. The summed E-state index contributed by atoms with van der Waals surface area (Å²) in [7, 11) is 0. The lowest BCUT2D eigenvalue weighted by molar-refractivity contribution is 0.102. The maximum Gasteiger partial charge on any atom is 0.259 e. The van der Waals surface area contributed by atoms with Gasteiger partial charge in [0.05, 0.1) is 11.3 Å². The molecule has 1 heterocycles. The molecule has 0 unspecified atom stereocenters. The number of amides is 1. The molecule has 0 atom stereocenters. The van der Waals surface area contributed by atoms with Crippen LogP contribution in [-0.2, 0) is 6.61 Å². The van der Waals surface area contributed by atoms with E-state index in [9.17, 15) is 4.79 Å². The predicted molar refractivity (Wildman–Crippen MR) is 113 cm³/mol. The fourth-order valence-electron chi connectivity index (χ4n) is 2.74. The zero-order valence-electron chi connectivity index (χ0n) is 15.0. The molecule has 0 aliphatic carbocycles. The summed E-state index contributed by atoms with van der Waals surface area (Å²) < 4.78 is 5.91. The number of carbonyl (C=O) groups excluding carboxylic acids is 1. The Hall–Kier alpha value is -3.44. The minimum atomic E-state index is -0.204. The summed E-state index contributed by atoms with van der Waals surface area (Å²) in [5.41, 5.74) is 3.16. The number of nitrogens with zero attached hydrogens (tertiary/aromatic N) is 1. The molecule has 0 radical (unpaired) electrons. The summed E-state index contributed by atoms with van der Waals surface area (Å²) in [4.78, 5) is 17.3. The minimum absolute atomic E-state index is 0.204. The fourth-order valence-corrected chi connectivity index (χ4v) is 3.55. The first-order valence-corrected chi connectivity index (χ1v) is 9.75. The summed E-state index contributed by atoms with van der Waals surface area (Å²) in [6.45, 7) is 0.305. The summed E-state index contributed by atoms with van der Waals surface area (Å²) in [5.74, 6) is 0.329. The van der Waals surface area contributed by atoms with E-state index in [0.29, 0.717) is 17.9 Å². The molecule has 0 fully saturated rings. The molecule has 0 aliphatic rings. The molecule has 4 rings (SSSR count). The van der Waals surface area contributed by atoms with Crippen LogP contribution in [0.1, 0.15) is 16.1 Å². The number of rotatable bonds is 6. The molecule has 1 aromatic heterocycles. The number of para-hydroxylation sites is 2. The van der Waals surface area contributed by atoms with Crippen LogP contribution in [0.3, 0.4) is 0 Å². The quantitative estimate of drug-likeness (QED) is 0.466. The van der Waals surface area contributed by atoms with Crippen LogP contribution in [-0.4, -0.2) is 10.9 Å². The number of aromatic nitrogens is 1. The van der Waals surface area contributed by atoms with E-state index in [1.54, 1.807) is 23.5 Å². The highest BCUT2D eigenvalue weighted by atomic mass is 32.1. The number of carbonyl (C=O) groups is 1. The van der Waals surface area contributed by atoms with Crippen LogP contribution in [0.5, 0.6) is 5.75 Å². The smallest absolute Gasteiger partial charge is 0.259 e. The van der Waals surface area contributed by atoms with Crippen molar-refractivity contribution in [2.24, 2.45) is 0 Å². The molecule has 0 aliphatic heterocycles. The molecule has 0 saturated heterocycles. The van der Waals surface area contributed by atoms with Gasteiger partial charge in [-0.2, -0.15) is 0 Å². The van der Waals surface area contributed by atoms with Crippen LogP contribution in [0.4, 0.5) is 5.69 Å². The third-order valence-electron chi connectivity index (χ3n) is 4.11. The van der Waals surface area contributed by atoms with Crippen LogP contribution < -0.4 is 10.1 Å². The molecule has 0 saturated carbocycles. The molecule has 28 heavy (non-hydrogen) atoms. The molecule has 4 aromatic rings. The number of thiazole rings is 1. The first-order chi connectivity index (χ1) is 13.8. The zero-order chi connectivity index (χ0) is 19.2. The van der Waals surface area contributed by atoms with E-state index in [2.05, 4.69) is 10.3 Å². The second kappa shape index (κ2) is 8.50. The largest absolute Gasteiger partial charge is 0.486 e. The highest BCUT2D eigenvalue weighted by Gasteiger charge is 2.13. The summed E-state index contributed by atoms with van der Waals surface area (Å²) in [6, 6.07) is 26.6. The molecule has 138 valence electrons. The number of anilines is 1. The van der Waals surface area contributed by atoms with Crippen molar-refractivity contribution in [3.05, 3.63) is 102 Å². The van der Waals surface area contributed by atoms with E-state index in [1.807, 2.05) is 78.2 Å². The van der Waals surface area contributed by atoms with Crippen LogP contribution in [0.2, 0.25) is 0 Å². The van der Waals surface area contributed by atoms with E-state index < -0.39 is 0 Å². The van der Waals surface area contributed by atoms with Crippen LogP contribution >= 0.6 is 11.3 Å². The SMILES string of the molecule is O=C(Nc1ccccc1)c1ccccc1OCc1csc(-c2ccccc2)n1. The zero-order valence-corrected chi connectivity index (χ0v) is 15.9. The summed E-state index contributed by atoms with van der Waals surface area (Å²) in [6.07, 6.45) is 0. The van der Waals surface area contributed by atoms with Gasteiger partial charge in [0, 0.05) is 16.6 Å². The summed E-state index contributed by atoms with van der Waals surface area (Å²) in [5, 5.41) is 5.82. The van der Waals surface area contributed by atoms with Gasteiger partial charge >= 0.3 is 0 Å². The number of hydrogen-bond donors (Lipinski definition) is 1. The third-order valence-corrected chi connectivity index (χ3v) is 5.05. The maximum atomic E-state index is 12.6. The van der Waals surface area contributed by atoms with Crippen molar-refractivity contribution in [1.82, 2.24) is 4.98 Å². The van der Waals surface area contributed by atoms with Crippen molar-refractivity contribution >= 4 is 22.9 Å². The molecule has 1 amide bonds. The van der Waals surface area contributed by atoms with Crippen molar-refractivity contribution in [2.45, 2.75) is 6.61 Å². The first-order valence-electron chi connectivity index (χ1n) is 8.87. The van der Waals surface area contributed by atoms with E-state index in [4.69, 9.17) is 4.74 Å². The Kier molecular flexibility index (Phi) is 5.45. The molecular formula is C23H18N2O2S. The predicted octanol–water partition coefficient (Wildman–Crippen LogP) is 5.64. The van der Waals surface area contributed by atoms with E-state index in [1.165, 1.54) is 0 Å². The van der Waals surface area contributed by atoms with Gasteiger partial charge in [-0.05, 0) is 24.3 Å². The van der Waals surface area contributed by atoms with Crippen LogP contribution in [0.15, 0.2) is 90.3 Å². The molecule has 4 nitrogen and oxygen atoms in total. The van der Waals surface area contributed by atoms with E-state index >= 15 is 0 Å². The topological polar surface area (TPSA) is 51.2 Å². The lowest BCUT2D eigenvalue weighted by atomic mass is 10.2. The standard InChI is InChI=1S/C23H18N2O2S/c26-22(24-18-11-5-2-6-12-18)20-13-7-8-14-21(20)27-15-19-16-28-23(25-19)17-9-3-1-4-10-17/h1-14,16H,15H2,(H,24,26). The highest BCUT2D eigenvalue weighted by Crippen LogP contribution is 2.25. The number of hydrogen-bond acceptors (Lipinski definition) is 4. The number of benzene rings is 3. The molecular weight excluding hydrogens is 368 g/mol. The molecule has 5 heteroatoms. The maximum absolute atomic E-state index is 12.6. The Labute approximate surface area is 167 Å². The van der Waals surface area contributed by atoms with Crippen molar-refractivity contribution in [1.29, 1.82) is 0 Å². The first kappa shape index (κ1) is 17.9. The van der Waals surface area contributed by atoms with Gasteiger partial charge in [-0.1, -0.05) is 60.7 Å². The van der Waals surface area contributed by atoms with Gasteiger partial charge in [-0.3, -0.25) is 4.79 Å². The van der Waals surface area contributed by atoms with Gasteiger partial charge in [0.15, 0.2) is 0 Å². The van der Waals surface area contributed by atoms with Gasteiger partial charge < -0.3 is 10.1 Å². The molecule has 0 spiro atoms. The Bertz CT molecular complexity index is 1060. The lowest BCUT2D eigenvalue weighted by Gasteiger charge is -2.11. The van der Waals surface area contributed by atoms with Gasteiger partial charge in [0.1, 0.15) is 17.4 Å². The van der Waals surface area contributed by atoms with Gasteiger partial charge in [-0.15, -0.1) is 11.3 Å². The lowest BCUT2D eigenvalue weighted by Crippen LogP contribution is -2.13. The Morgan fingerprint density at radius 1 is 0.893 bits per heavy atom. The Morgan fingerprint density at radius 2 is 1.57 bits per heavy atom. The third kappa shape index (κ3) is 4.27. The number of ether oxygens (including phenoxy) is 1. The Morgan fingerprint density at radius 3 is 2.36 bits per heavy atom. The minimum Gasteiger partial charge on any atom is -0.486 e. The average molecular weight is 386 g/mol.